The predicted molar refractivity (Wildman–Crippen MR) is 49.8 cm³/mol. The molecule has 1 atom stereocenters. The van der Waals surface area contributed by atoms with E-state index in [4.69, 9.17) is 5.73 Å². The smallest absolute Gasteiger partial charge is 0.318 e. The first-order chi connectivity index (χ1) is 5.87. The molecule has 0 spiro atoms. The Balaban J connectivity index is 3.83. The molecule has 0 saturated carbocycles. The second-order valence-electron chi connectivity index (χ2n) is 4.18. The lowest BCUT2D eigenvalue weighted by Crippen LogP contribution is -2.35. The minimum atomic E-state index is -0.605. The largest absolute Gasteiger partial charge is 0.358 e. The van der Waals surface area contributed by atoms with Gasteiger partial charge in [-0.2, -0.15) is 4.89 Å². The van der Waals surface area contributed by atoms with Gasteiger partial charge in [-0.15, -0.1) is 0 Å². The molecule has 1 unspecified atom stereocenters. The van der Waals surface area contributed by atoms with Crippen LogP contribution in [0, 0.1) is 5.41 Å². The van der Waals surface area contributed by atoms with Crippen LogP contribution in [0.5, 0.6) is 0 Å². The first-order valence-electron chi connectivity index (χ1n) is 4.45. The molecule has 0 aliphatic rings. The van der Waals surface area contributed by atoms with Crippen molar-refractivity contribution in [2.45, 2.75) is 40.2 Å². The Morgan fingerprint density at radius 1 is 1.46 bits per heavy atom. The van der Waals surface area contributed by atoms with E-state index in [9.17, 15) is 4.79 Å². The molecular weight excluding hydrogens is 170 g/mol. The van der Waals surface area contributed by atoms with Crippen molar-refractivity contribution in [2.75, 3.05) is 6.61 Å². The van der Waals surface area contributed by atoms with Crippen molar-refractivity contribution in [1.29, 1.82) is 0 Å². The van der Waals surface area contributed by atoms with Crippen molar-refractivity contribution >= 4 is 5.97 Å². The highest BCUT2D eigenvalue weighted by atomic mass is 17.2. The number of hydrogen-bond acceptors (Lipinski definition) is 4. The van der Waals surface area contributed by atoms with E-state index in [-0.39, 0.29) is 5.41 Å². The first-order valence-corrected chi connectivity index (χ1v) is 4.45. The molecule has 0 aliphatic carbocycles. The van der Waals surface area contributed by atoms with Crippen LogP contribution < -0.4 is 5.73 Å². The third-order valence-electron chi connectivity index (χ3n) is 1.39. The Bertz CT molecular complexity index is 163. The van der Waals surface area contributed by atoms with Crippen LogP contribution in [-0.4, -0.2) is 18.6 Å². The van der Waals surface area contributed by atoms with E-state index in [1.807, 2.05) is 20.8 Å². The summed E-state index contributed by atoms with van der Waals surface area (Å²) in [7, 11) is 0. The maximum Gasteiger partial charge on any atom is 0.358 e. The number of carbonyl (C=O) groups excluding carboxylic acids is 1. The van der Waals surface area contributed by atoms with Gasteiger partial charge >= 0.3 is 5.97 Å². The molecule has 0 bridgehead atoms. The van der Waals surface area contributed by atoms with Gasteiger partial charge in [0.1, 0.15) is 6.04 Å². The average Bonchev–Trinajstić information content (AvgIpc) is 1.96. The zero-order valence-corrected chi connectivity index (χ0v) is 8.79. The number of carbonyl (C=O) groups is 1. The van der Waals surface area contributed by atoms with E-state index >= 15 is 0 Å². The molecule has 0 heterocycles. The van der Waals surface area contributed by atoms with E-state index in [0.717, 1.165) is 0 Å². The predicted octanol–water partition coefficient (Wildman–Crippen LogP) is 1.24. The lowest BCUT2D eigenvalue weighted by Gasteiger charge is -2.21. The first kappa shape index (κ1) is 12.4. The Hall–Kier alpha value is -0.610. The van der Waals surface area contributed by atoms with E-state index in [1.54, 1.807) is 6.92 Å². The van der Waals surface area contributed by atoms with Crippen LogP contribution in [0.25, 0.3) is 0 Å². The summed E-state index contributed by atoms with van der Waals surface area (Å²) in [6.07, 6.45) is 0.582. The summed E-state index contributed by atoms with van der Waals surface area (Å²) in [4.78, 5) is 20.0. The SMILES string of the molecule is CCOOC(=O)C(N)CC(C)(C)C. The molecule has 0 amide bonds. The van der Waals surface area contributed by atoms with Gasteiger partial charge in [-0.05, 0) is 18.8 Å². The van der Waals surface area contributed by atoms with Crippen LogP contribution in [0.4, 0.5) is 0 Å². The van der Waals surface area contributed by atoms with E-state index in [0.29, 0.717) is 13.0 Å². The Morgan fingerprint density at radius 3 is 2.38 bits per heavy atom. The molecular formula is C9H19NO3. The highest BCUT2D eigenvalue weighted by Gasteiger charge is 2.23. The number of hydrogen-bond donors (Lipinski definition) is 1. The number of rotatable bonds is 4. The van der Waals surface area contributed by atoms with Crippen LogP contribution in [-0.2, 0) is 14.6 Å². The van der Waals surface area contributed by atoms with Gasteiger partial charge in [0.25, 0.3) is 0 Å². The summed E-state index contributed by atoms with van der Waals surface area (Å²) in [5, 5.41) is 0. The van der Waals surface area contributed by atoms with Crippen LogP contribution in [0.2, 0.25) is 0 Å². The van der Waals surface area contributed by atoms with Gasteiger partial charge in [0.15, 0.2) is 0 Å². The third-order valence-corrected chi connectivity index (χ3v) is 1.39. The van der Waals surface area contributed by atoms with Gasteiger partial charge in [0.2, 0.25) is 0 Å². The van der Waals surface area contributed by atoms with Gasteiger partial charge in [0, 0.05) is 0 Å². The van der Waals surface area contributed by atoms with Crippen LogP contribution in [0.15, 0.2) is 0 Å². The lowest BCUT2D eigenvalue weighted by molar-refractivity contribution is -0.271. The summed E-state index contributed by atoms with van der Waals surface area (Å²) in [5.41, 5.74) is 5.61. The highest BCUT2D eigenvalue weighted by Crippen LogP contribution is 2.20. The van der Waals surface area contributed by atoms with Crippen molar-refractivity contribution in [3.8, 4) is 0 Å². The quantitative estimate of drug-likeness (QED) is 0.534. The molecule has 78 valence electrons. The fourth-order valence-electron chi connectivity index (χ4n) is 0.922. The van der Waals surface area contributed by atoms with Crippen LogP contribution in [0.1, 0.15) is 34.1 Å². The molecule has 4 heteroatoms. The fourth-order valence-corrected chi connectivity index (χ4v) is 0.922. The molecule has 0 rings (SSSR count). The summed E-state index contributed by atoms with van der Waals surface area (Å²) >= 11 is 0. The van der Waals surface area contributed by atoms with Gasteiger partial charge < -0.3 is 5.73 Å². The van der Waals surface area contributed by atoms with Crippen molar-refractivity contribution < 1.29 is 14.6 Å². The maximum atomic E-state index is 11.1. The maximum absolute atomic E-state index is 11.1. The molecule has 13 heavy (non-hydrogen) atoms. The van der Waals surface area contributed by atoms with E-state index in [2.05, 4.69) is 9.78 Å². The summed E-state index contributed by atoms with van der Waals surface area (Å²) in [5.74, 6) is -0.503. The van der Waals surface area contributed by atoms with Gasteiger partial charge in [0.05, 0.1) is 6.61 Å². The average molecular weight is 189 g/mol. The van der Waals surface area contributed by atoms with E-state index < -0.39 is 12.0 Å². The topological polar surface area (TPSA) is 61.5 Å². The third kappa shape index (κ3) is 6.54. The van der Waals surface area contributed by atoms with Crippen molar-refractivity contribution in [2.24, 2.45) is 11.1 Å². The summed E-state index contributed by atoms with van der Waals surface area (Å²) in [6, 6.07) is -0.605. The molecule has 0 aromatic rings. The highest BCUT2D eigenvalue weighted by molar-refractivity contribution is 5.74. The zero-order valence-electron chi connectivity index (χ0n) is 8.79. The van der Waals surface area contributed by atoms with Crippen molar-refractivity contribution in [3.05, 3.63) is 0 Å². The number of nitrogens with two attached hydrogens (primary N) is 1. The molecule has 0 aromatic heterocycles. The monoisotopic (exact) mass is 189 g/mol. The molecule has 4 nitrogen and oxygen atoms in total. The van der Waals surface area contributed by atoms with Crippen molar-refractivity contribution in [1.82, 2.24) is 0 Å². The Labute approximate surface area is 79.3 Å². The Morgan fingerprint density at radius 2 is 2.00 bits per heavy atom. The molecule has 0 saturated heterocycles. The van der Waals surface area contributed by atoms with Crippen LogP contribution in [0.3, 0.4) is 0 Å². The van der Waals surface area contributed by atoms with Gasteiger partial charge in [-0.1, -0.05) is 20.8 Å². The van der Waals surface area contributed by atoms with Crippen LogP contribution >= 0.6 is 0 Å². The summed E-state index contributed by atoms with van der Waals surface area (Å²) in [6.45, 7) is 8.12. The minimum Gasteiger partial charge on any atom is -0.318 e. The normalized spacial score (nSPS) is 13.9. The fraction of sp³-hybridized carbons (Fsp3) is 0.889. The molecule has 0 aromatic carbocycles. The molecule has 2 N–H and O–H groups in total. The lowest BCUT2D eigenvalue weighted by atomic mass is 9.88. The summed E-state index contributed by atoms with van der Waals surface area (Å²) < 4.78 is 0. The van der Waals surface area contributed by atoms with Gasteiger partial charge in [-0.3, -0.25) is 4.89 Å². The minimum absolute atomic E-state index is 0.0185. The standard InChI is InChI=1S/C9H19NO3/c1-5-12-13-8(11)7(10)6-9(2,3)4/h7H,5-6,10H2,1-4H3. The second-order valence-corrected chi connectivity index (χ2v) is 4.18. The van der Waals surface area contributed by atoms with E-state index in [1.165, 1.54) is 0 Å². The van der Waals surface area contributed by atoms with Gasteiger partial charge in [-0.25, -0.2) is 4.79 Å². The second kappa shape index (κ2) is 5.19. The molecule has 0 fully saturated rings. The van der Waals surface area contributed by atoms with Crippen molar-refractivity contribution in [3.63, 3.8) is 0 Å². The molecule has 0 radical (unpaired) electrons. The Kier molecular flexibility index (Phi) is 4.95. The molecule has 0 aliphatic heterocycles. The zero-order chi connectivity index (χ0) is 10.5.